The number of hydrogen-bond donors (Lipinski definition) is 2. The minimum absolute atomic E-state index is 0.206. The molecule has 0 fully saturated rings. The van der Waals surface area contributed by atoms with Crippen molar-refractivity contribution in [2.75, 3.05) is 0 Å². The normalized spacial score (nSPS) is 12.0. The minimum Gasteiger partial charge on any atom is -0.481 e. The Balaban J connectivity index is 0.000000626. The molecule has 4 heteroatoms. The summed E-state index contributed by atoms with van der Waals surface area (Å²) in [5.74, 6) is -1.69. The van der Waals surface area contributed by atoms with Crippen LogP contribution < -0.4 is 0 Å². The fourth-order valence-corrected chi connectivity index (χ4v) is 2.52. The minimum atomic E-state index is -0.711. The summed E-state index contributed by atoms with van der Waals surface area (Å²) < 4.78 is 0. The van der Waals surface area contributed by atoms with Crippen LogP contribution in [0.3, 0.4) is 0 Å². The fourth-order valence-electron chi connectivity index (χ4n) is 2.52. The molecule has 0 heterocycles. The Kier molecular flexibility index (Phi) is 9.15. The van der Waals surface area contributed by atoms with E-state index in [2.05, 4.69) is 12.1 Å². The number of rotatable bonds is 7. The van der Waals surface area contributed by atoms with Gasteiger partial charge in [-0.15, -0.1) is 0 Å². The van der Waals surface area contributed by atoms with Gasteiger partial charge in [0.1, 0.15) is 0 Å². The molecule has 0 aliphatic carbocycles. The number of carboxylic acids is 2. The molecule has 4 nitrogen and oxygen atoms in total. The smallest absolute Gasteiger partial charge is 0.307 e. The van der Waals surface area contributed by atoms with Gasteiger partial charge in [0.15, 0.2) is 0 Å². The summed E-state index contributed by atoms with van der Waals surface area (Å²) in [6, 6.07) is 10.1. The van der Waals surface area contributed by atoms with E-state index in [9.17, 15) is 14.7 Å². The molecule has 1 aromatic carbocycles. The molecule has 0 amide bonds. The van der Waals surface area contributed by atoms with Crippen LogP contribution in [0.1, 0.15) is 52.5 Å². The Labute approximate surface area is 133 Å². The maximum Gasteiger partial charge on any atom is 0.307 e. The lowest BCUT2D eigenvalue weighted by Gasteiger charge is -2.31. The van der Waals surface area contributed by atoms with Crippen LogP contribution in [0.2, 0.25) is 0 Å². The van der Waals surface area contributed by atoms with Gasteiger partial charge >= 0.3 is 11.9 Å². The topological polar surface area (TPSA) is 74.6 Å². The fraction of sp³-hybridized carbons (Fsp3) is 0.556. The van der Waals surface area contributed by atoms with E-state index in [1.54, 1.807) is 0 Å². The first kappa shape index (κ1) is 20.2. The zero-order valence-corrected chi connectivity index (χ0v) is 14.0. The molecule has 0 aliphatic rings. The highest BCUT2D eigenvalue weighted by Gasteiger charge is 2.33. The molecule has 0 aromatic heterocycles. The Morgan fingerprint density at radius 1 is 1.09 bits per heavy atom. The molecule has 1 rings (SSSR count). The highest BCUT2D eigenvalue weighted by atomic mass is 16.4. The Bertz CT molecular complexity index is 451. The van der Waals surface area contributed by atoms with Crippen molar-refractivity contribution in [3.05, 3.63) is 35.9 Å². The molecule has 0 bridgehead atoms. The van der Waals surface area contributed by atoms with Crippen molar-refractivity contribution in [3.8, 4) is 0 Å². The summed E-state index contributed by atoms with van der Waals surface area (Å²) in [6.45, 7) is 7.84. The highest BCUT2D eigenvalue weighted by molar-refractivity contribution is 5.71. The van der Waals surface area contributed by atoms with Crippen LogP contribution in [0.15, 0.2) is 30.3 Å². The van der Waals surface area contributed by atoms with Crippen molar-refractivity contribution in [2.24, 2.45) is 11.3 Å². The summed E-state index contributed by atoms with van der Waals surface area (Å²) in [5.41, 5.74) is 0.995. The molecule has 124 valence electrons. The zero-order chi connectivity index (χ0) is 17.2. The Morgan fingerprint density at radius 2 is 1.64 bits per heavy atom. The third-order valence-corrected chi connectivity index (χ3v) is 3.62. The zero-order valence-electron chi connectivity index (χ0n) is 14.0. The van der Waals surface area contributed by atoms with Crippen LogP contribution in [0.4, 0.5) is 0 Å². The van der Waals surface area contributed by atoms with E-state index in [0.29, 0.717) is 12.8 Å². The second-order valence-electron chi connectivity index (χ2n) is 6.09. The first-order valence-electron chi connectivity index (χ1n) is 7.73. The summed E-state index contributed by atoms with van der Waals surface area (Å²) in [6.07, 6.45) is 2.50. The van der Waals surface area contributed by atoms with Crippen LogP contribution in [-0.4, -0.2) is 22.2 Å². The van der Waals surface area contributed by atoms with Crippen molar-refractivity contribution < 1.29 is 19.8 Å². The summed E-state index contributed by atoms with van der Waals surface area (Å²) in [5, 5.41) is 17.1. The van der Waals surface area contributed by atoms with Gasteiger partial charge in [0.25, 0.3) is 0 Å². The molecular weight excluding hydrogens is 280 g/mol. The molecule has 1 aromatic rings. The highest BCUT2D eigenvalue weighted by Crippen LogP contribution is 2.33. The molecule has 0 aliphatic heterocycles. The molecule has 2 N–H and O–H groups in total. The predicted molar refractivity (Wildman–Crippen MR) is 87.9 cm³/mol. The molecule has 22 heavy (non-hydrogen) atoms. The van der Waals surface area contributed by atoms with Crippen molar-refractivity contribution in [1.82, 2.24) is 0 Å². The van der Waals surface area contributed by atoms with Gasteiger partial charge in [-0.05, 0) is 30.2 Å². The number of carbonyl (C=O) groups is 2. The molecule has 1 atom stereocenters. The number of hydrogen-bond acceptors (Lipinski definition) is 2. The average molecular weight is 308 g/mol. The second-order valence-corrected chi connectivity index (χ2v) is 6.09. The van der Waals surface area contributed by atoms with Gasteiger partial charge in [-0.3, -0.25) is 9.59 Å². The van der Waals surface area contributed by atoms with Crippen molar-refractivity contribution >= 4 is 11.9 Å². The lowest BCUT2D eigenvalue weighted by molar-refractivity contribution is -0.146. The van der Waals surface area contributed by atoms with Gasteiger partial charge in [-0.2, -0.15) is 0 Å². The van der Waals surface area contributed by atoms with Crippen molar-refractivity contribution in [1.29, 1.82) is 0 Å². The summed E-state index contributed by atoms with van der Waals surface area (Å²) in [4.78, 5) is 20.8. The maximum atomic E-state index is 11.2. The first-order valence-corrected chi connectivity index (χ1v) is 7.73. The lowest BCUT2D eigenvalue weighted by Crippen LogP contribution is -2.32. The summed E-state index contributed by atoms with van der Waals surface area (Å²) >= 11 is 0. The number of carboxylic acid groups (broad SMARTS) is 2. The van der Waals surface area contributed by atoms with Crippen molar-refractivity contribution in [3.63, 3.8) is 0 Å². The molecule has 0 saturated heterocycles. The molecule has 0 saturated carbocycles. The van der Waals surface area contributed by atoms with Gasteiger partial charge in [-0.1, -0.05) is 58.0 Å². The van der Waals surface area contributed by atoms with Crippen LogP contribution in [0.5, 0.6) is 0 Å². The van der Waals surface area contributed by atoms with E-state index in [4.69, 9.17) is 5.11 Å². The van der Waals surface area contributed by atoms with E-state index in [1.807, 2.05) is 45.9 Å². The van der Waals surface area contributed by atoms with Crippen LogP contribution in [0, 0.1) is 11.3 Å². The first-order chi connectivity index (χ1) is 10.2. The van der Waals surface area contributed by atoms with Crippen LogP contribution in [0.25, 0.3) is 0 Å². The Morgan fingerprint density at radius 3 is 1.95 bits per heavy atom. The Hall–Kier alpha value is -1.84. The quantitative estimate of drug-likeness (QED) is 0.790. The van der Waals surface area contributed by atoms with Gasteiger partial charge in [0.2, 0.25) is 0 Å². The van der Waals surface area contributed by atoms with E-state index in [0.717, 1.165) is 12.8 Å². The van der Waals surface area contributed by atoms with Gasteiger partial charge in [0.05, 0.1) is 5.92 Å². The third kappa shape index (κ3) is 7.81. The lowest BCUT2D eigenvalue weighted by atomic mass is 9.73. The van der Waals surface area contributed by atoms with Gasteiger partial charge < -0.3 is 10.2 Å². The van der Waals surface area contributed by atoms with Crippen LogP contribution in [-0.2, 0) is 16.0 Å². The average Bonchev–Trinajstić information content (AvgIpc) is 2.39. The molecule has 1 unspecified atom stereocenters. The molecule has 0 radical (unpaired) electrons. The van der Waals surface area contributed by atoms with Crippen LogP contribution >= 0.6 is 0 Å². The predicted octanol–water partition coefficient (Wildman–Crippen LogP) is 4.24. The SMILES string of the molecule is CCC(C(=O)O)C(C)(C)Cc1ccccc1.CCCC(=O)O. The third-order valence-electron chi connectivity index (χ3n) is 3.62. The van der Waals surface area contributed by atoms with E-state index in [1.165, 1.54) is 5.56 Å². The van der Waals surface area contributed by atoms with E-state index < -0.39 is 11.9 Å². The second kappa shape index (κ2) is 9.98. The number of benzene rings is 1. The maximum absolute atomic E-state index is 11.2. The van der Waals surface area contributed by atoms with Gasteiger partial charge in [-0.25, -0.2) is 0 Å². The molecular formula is C18H28O4. The van der Waals surface area contributed by atoms with Crippen molar-refractivity contribution in [2.45, 2.75) is 53.4 Å². The van der Waals surface area contributed by atoms with E-state index >= 15 is 0 Å². The largest absolute Gasteiger partial charge is 0.481 e. The summed E-state index contributed by atoms with van der Waals surface area (Å²) in [7, 11) is 0. The monoisotopic (exact) mass is 308 g/mol. The van der Waals surface area contributed by atoms with E-state index in [-0.39, 0.29) is 11.3 Å². The van der Waals surface area contributed by atoms with Gasteiger partial charge in [0, 0.05) is 6.42 Å². The standard InChI is InChI=1S/C14H20O2.C4H8O2/c1-4-12(13(15)16)14(2,3)10-11-8-6-5-7-9-11;1-2-3-4(5)6/h5-9,12H,4,10H2,1-3H3,(H,15,16);2-3H2,1H3,(H,5,6). The molecule has 0 spiro atoms. The number of aliphatic carboxylic acids is 2.